The highest BCUT2D eigenvalue weighted by atomic mass is 15.0. The number of rotatable bonds is 1. The fourth-order valence-electron chi connectivity index (χ4n) is 2.10. The molecule has 3 rings (SSSR count). The van der Waals surface area contributed by atoms with Crippen molar-refractivity contribution in [1.29, 1.82) is 0 Å². The van der Waals surface area contributed by atoms with Gasteiger partial charge in [0.25, 0.3) is 0 Å². The first kappa shape index (κ1) is 8.24. The lowest BCUT2D eigenvalue weighted by molar-refractivity contribution is 1.59. The summed E-state index contributed by atoms with van der Waals surface area (Å²) in [6.45, 7) is 0. The summed E-state index contributed by atoms with van der Waals surface area (Å²) in [7, 11) is 0. The quantitative estimate of drug-likeness (QED) is 0.405. The first-order valence-corrected chi connectivity index (χ1v) is 4.83. The second kappa shape index (κ2) is 2.95. The molecule has 0 radical (unpaired) electrons. The Hall–Kier alpha value is -2.09. The van der Waals surface area contributed by atoms with E-state index in [-0.39, 0.29) is 0 Å². The predicted octanol–water partition coefficient (Wildman–Crippen LogP) is 4.37. The van der Waals surface area contributed by atoms with Gasteiger partial charge in [-0.25, -0.2) is 0 Å². The summed E-state index contributed by atoms with van der Waals surface area (Å²) in [5, 5.41) is 7.67. The minimum absolute atomic E-state index is 0.668. The van der Waals surface area contributed by atoms with Gasteiger partial charge >= 0.3 is 0 Å². The molecule has 2 nitrogen and oxygen atoms in total. The molecule has 0 heterocycles. The lowest BCUT2D eigenvalue weighted by Crippen LogP contribution is -1.62. The minimum Gasteiger partial charge on any atom is -0.708 e. The molecule has 15 heavy (non-hydrogen) atoms. The number of benzene rings is 2. The molecule has 2 heteroatoms. The predicted molar refractivity (Wildman–Crippen MR) is 62.5 cm³/mol. The fourth-order valence-corrected chi connectivity index (χ4v) is 2.10. The van der Waals surface area contributed by atoms with Crippen molar-refractivity contribution in [3.63, 3.8) is 0 Å². The maximum atomic E-state index is 9.05. The number of nitrogens with zero attached hydrogens (tertiary/aromatic N) is 2. The third-order valence-corrected chi connectivity index (χ3v) is 2.75. The second-order valence-electron chi connectivity index (χ2n) is 3.54. The van der Waals surface area contributed by atoms with Gasteiger partial charge in [-0.05, 0) is 5.69 Å². The van der Waals surface area contributed by atoms with E-state index in [0.717, 1.165) is 21.5 Å². The Morgan fingerprint density at radius 2 is 1.67 bits per heavy atom. The Labute approximate surface area is 87.0 Å². The molecule has 3 aromatic carbocycles. The van der Waals surface area contributed by atoms with E-state index >= 15 is 0 Å². The maximum absolute atomic E-state index is 9.05. The molecule has 0 saturated carbocycles. The average Bonchev–Trinajstić information content (AvgIpc) is 2.63. The zero-order valence-corrected chi connectivity index (χ0v) is 8.01. The van der Waals surface area contributed by atoms with Crippen LogP contribution in [0.25, 0.3) is 27.1 Å². The molecule has 0 saturated heterocycles. The van der Waals surface area contributed by atoms with Crippen LogP contribution in [0.4, 0.5) is 5.69 Å². The van der Waals surface area contributed by atoms with Gasteiger partial charge in [-0.15, -0.1) is 35.0 Å². The van der Waals surface area contributed by atoms with Crippen LogP contribution < -0.4 is 0 Å². The highest BCUT2D eigenvalue weighted by Crippen LogP contribution is 2.39. The van der Waals surface area contributed by atoms with E-state index in [0.29, 0.717) is 5.69 Å². The maximum Gasteiger partial charge on any atom is -0.0195 e. The van der Waals surface area contributed by atoms with Gasteiger partial charge in [0.2, 0.25) is 0 Å². The summed E-state index contributed by atoms with van der Waals surface area (Å²) in [5.41, 5.74) is 9.72. The number of fused-ring (bicyclic) bond motifs is 3. The van der Waals surface area contributed by atoms with Crippen LogP contribution in [0.3, 0.4) is 0 Å². The molecule has 72 valence electrons. The summed E-state index contributed by atoms with van der Waals surface area (Å²) in [6.07, 6.45) is 0. The molecule has 0 atom stereocenters. The number of hydrogen-bond donors (Lipinski definition) is 0. The van der Waals surface area contributed by atoms with Crippen LogP contribution in [0, 0.1) is 0 Å². The van der Waals surface area contributed by atoms with Crippen molar-refractivity contribution in [2.75, 3.05) is 0 Å². The summed E-state index contributed by atoms with van der Waals surface area (Å²) >= 11 is 0. The van der Waals surface area contributed by atoms with Gasteiger partial charge in [-0.1, -0.05) is 35.0 Å². The van der Waals surface area contributed by atoms with Gasteiger partial charge in [0.15, 0.2) is 0 Å². The van der Waals surface area contributed by atoms with E-state index in [1.54, 1.807) is 0 Å². The molecular formula is C13H8N2-2. The van der Waals surface area contributed by atoms with Crippen molar-refractivity contribution in [3.05, 3.63) is 54.1 Å². The van der Waals surface area contributed by atoms with Gasteiger partial charge < -0.3 is 10.6 Å². The van der Waals surface area contributed by atoms with Gasteiger partial charge in [0, 0.05) is 0 Å². The molecule has 0 aliphatic heterocycles. The molecule has 0 aliphatic rings. The van der Waals surface area contributed by atoms with Crippen LogP contribution in [0.5, 0.6) is 0 Å². The third-order valence-electron chi connectivity index (χ3n) is 2.75. The molecule has 0 aliphatic carbocycles. The molecule has 3 aromatic rings. The van der Waals surface area contributed by atoms with E-state index in [2.05, 4.69) is 5.11 Å². The summed E-state index contributed by atoms with van der Waals surface area (Å²) in [4.78, 5) is 0. The van der Waals surface area contributed by atoms with E-state index in [1.807, 2.05) is 48.5 Å². The first-order valence-electron chi connectivity index (χ1n) is 4.83. The Morgan fingerprint density at radius 1 is 0.933 bits per heavy atom. The minimum atomic E-state index is 0.668. The molecule has 0 bridgehead atoms. The first-order chi connectivity index (χ1) is 7.42. The third kappa shape index (κ3) is 1.02. The average molecular weight is 192 g/mol. The Bertz CT molecular complexity index is 596. The topological polar surface area (TPSA) is 34.7 Å². The Balaban J connectivity index is 2.68. The van der Waals surface area contributed by atoms with Crippen LogP contribution in [0.15, 0.2) is 53.6 Å². The van der Waals surface area contributed by atoms with Crippen molar-refractivity contribution in [1.82, 2.24) is 0 Å². The molecule has 0 amide bonds. The highest BCUT2D eigenvalue weighted by Gasteiger charge is 1.99. The second-order valence-corrected chi connectivity index (χ2v) is 3.54. The lowest BCUT2D eigenvalue weighted by atomic mass is 10.2. The van der Waals surface area contributed by atoms with Crippen LogP contribution in [-0.2, 0) is 0 Å². The zero-order valence-electron chi connectivity index (χ0n) is 8.01. The fraction of sp³-hybridized carbons (Fsp3) is 0. The van der Waals surface area contributed by atoms with E-state index < -0.39 is 0 Å². The molecule has 0 unspecified atom stereocenters. The lowest BCUT2D eigenvalue weighted by Gasteiger charge is -2.01. The van der Waals surface area contributed by atoms with Crippen LogP contribution in [-0.4, -0.2) is 0 Å². The van der Waals surface area contributed by atoms with Crippen molar-refractivity contribution >= 4 is 27.2 Å². The highest BCUT2D eigenvalue weighted by molar-refractivity contribution is 6.20. The van der Waals surface area contributed by atoms with Crippen LogP contribution in [0.2, 0.25) is 0 Å². The van der Waals surface area contributed by atoms with E-state index in [9.17, 15) is 0 Å². The van der Waals surface area contributed by atoms with Gasteiger partial charge in [0.05, 0.1) is 0 Å². The molecule has 0 fully saturated rings. The van der Waals surface area contributed by atoms with E-state index in [1.165, 1.54) is 0 Å². The smallest absolute Gasteiger partial charge is 0.0195 e. The molecule has 0 aromatic heterocycles. The molecular weight excluding hydrogens is 184 g/mol. The van der Waals surface area contributed by atoms with Crippen molar-refractivity contribution in [2.45, 2.75) is 0 Å². The SMILES string of the molecule is [N-]=Nc1c2ccccc2c2cccc[c-]12. The standard InChI is InChI=1S/C13H8N2/c14-15-13-11-7-3-1-5-9(11)10-6-2-4-8-12(10)13/h1-8H/q-2. The summed E-state index contributed by atoms with van der Waals surface area (Å²) in [5.74, 6) is 0. The van der Waals surface area contributed by atoms with Crippen molar-refractivity contribution < 1.29 is 0 Å². The zero-order chi connectivity index (χ0) is 10.3. The molecule has 0 spiro atoms. The molecule has 0 N–H and O–H groups in total. The van der Waals surface area contributed by atoms with Gasteiger partial charge in [-0.2, -0.15) is 0 Å². The van der Waals surface area contributed by atoms with Crippen LogP contribution in [0.1, 0.15) is 0 Å². The van der Waals surface area contributed by atoms with Gasteiger partial charge in [-0.3, -0.25) is 0 Å². The van der Waals surface area contributed by atoms with Crippen molar-refractivity contribution in [3.8, 4) is 0 Å². The Kier molecular flexibility index (Phi) is 1.62. The Morgan fingerprint density at radius 3 is 2.47 bits per heavy atom. The van der Waals surface area contributed by atoms with Crippen LogP contribution >= 0.6 is 0 Å². The summed E-state index contributed by atoms with van der Waals surface area (Å²) < 4.78 is 0. The largest absolute Gasteiger partial charge is 0.708 e. The summed E-state index contributed by atoms with van der Waals surface area (Å²) in [6, 6.07) is 15.9. The normalized spacial score (nSPS) is 10.9. The van der Waals surface area contributed by atoms with E-state index in [4.69, 9.17) is 5.53 Å². The van der Waals surface area contributed by atoms with Gasteiger partial charge in [0.1, 0.15) is 0 Å². The van der Waals surface area contributed by atoms with Crippen molar-refractivity contribution in [2.24, 2.45) is 5.11 Å². The monoisotopic (exact) mass is 192 g/mol. The number of hydrogen-bond acceptors (Lipinski definition) is 1.